The van der Waals surface area contributed by atoms with Gasteiger partial charge >= 0.3 is 30.3 Å². The second-order valence-corrected chi connectivity index (χ2v) is 33.0. The minimum Gasteiger partial charge on any atom is -0.462 e. The van der Waals surface area contributed by atoms with Crippen LogP contribution in [0.25, 0.3) is 0 Å². The van der Waals surface area contributed by atoms with E-state index < -0.39 is 148 Å². The minimum absolute atomic E-state index is 0.0200. The van der Waals surface area contributed by atoms with Crippen LogP contribution in [-0.2, 0) is 78.1 Å². The highest BCUT2D eigenvalue weighted by atomic mass is 16.6. The van der Waals surface area contributed by atoms with Gasteiger partial charge in [0.15, 0.2) is 0 Å². The van der Waals surface area contributed by atoms with Crippen LogP contribution in [0.3, 0.4) is 0 Å². The molecule has 0 aliphatic carbocycles. The molecular weight excluding hydrogens is 1530 g/mol. The fraction of sp³-hybridized carbons (Fsp3) is 0.382. The first-order chi connectivity index (χ1) is 55.8. The fourth-order valence-electron chi connectivity index (χ4n) is 11.8. The lowest BCUT2D eigenvalue weighted by molar-refractivity contribution is -0.119. The number of nitrogens with one attached hydrogen (secondary N) is 12. The van der Waals surface area contributed by atoms with Gasteiger partial charge in [0.25, 0.3) is 11.8 Å². The van der Waals surface area contributed by atoms with Crippen LogP contribution < -0.4 is 63.8 Å². The van der Waals surface area contributed by atoms with E-state index in [1.807, 2.05) is 0 Å². The van der Waals surface area contributed by atoms with Gasteiger partial charge in [-0.1, -0.05) is 149 Å². The van der Waals surface area contributed by atoms with Gasteiger partial charge in [-0.05, 0) is 179 Å². The van der Waals surface area contributed by atoms with Gasteiger partial charge in [0.1, 0.15) is 58.7 Å². The topological polar surface area (TPSA) is 412 Å². The van der Waals surface area contributed by atoms with Crippen LogP contribution >= 0.6 is 0 Å². The standard InChI is InChI=1S/C89H110N12O18/c1-18-115-81(110)60-47-65(94-79(108)71(52(2)3)100-73(102)58-43-61(90-75(104)67(39-54-31-23-19-24-32-54)96-82(111)116-86(6,7)8)49-62(44-58)91-76(105)68(40-55-33-25-20-26-34-55)97-83(112)117-87(9,10)11)51-66(48-60)95-80(109)72(53(4)5)101-74(103)59-45-63(92-77(106)69(41-56-35-27-21-28-36-56)98-84(113)118-88(12,13)14)50-64(46-59)93-78(107)70(42-57-37-29-22-30-38-57)99-85(114)119-89(15,16)17/h19-38,43-53,67-72H,18,39-42H2,1-17H3,(H,90,104)(H,91,105)(H,92,106)(H,93,107)(H,94,108)(H,95,109)(H,96,111)(H,97,112)(H,98,113)(H,99,114)(H,100,102)(H,101,103)/t67-,68-,69-,70-,71-,72-/m0/s1. The molecule has 119 heavy (non-hydrogen) atoms. The monoisotopic (exact) mass is 1630 g/mol. The third-order valence-corrected chi connectivity index (χ3v) is 17.1. The van der Waals surface area contributed by atoms with Crippen molar-refractivity contribution in [3.63, 3.8) is 0 Å². The number of benzene rings is 7. The summed E-state index contributed by atoms with van der Waals surface area (Å²) in [5.74, 6) is -8.80. The summed E-state index contributed by atoms with van der Waals surface area (Å²) in [6.45, 7) is 27.9. The molecule has 0 saturated heterocycles. The first-order valence-electron chi connectivity index (χ1n) is 39.1. The Morgan fingerprint density at radius 1 is 0.286 bits per heavy atom. The Morgan fingerprint density at radius 3 is 0.697 bits per heavy atom. The molecule has 634 valence electrons. The number of amides is 12. The number of carbonyl (C=O) groups excluding carboxylic acids is 13. The minimum atomic E-state index is -1.40. The summed E-state index contributed by atoms with van der Waals surface area (Å²) < 4.78 is 27.5. The molecule has 7 aromatic rings. The third kappa shape index (κ3) is 32.1. The average molecular weight is 1640 g/mol. The van der Waals surface area contributed by atoms with Crippen LogP contribution in [-0.4, -0.2) is 143 Å². The molecule has 12 amide bonds. The van der Waals surface area contributed by atoms with E-state index in [9.17, 15) is 62.3 Å². The van der Waals surface area contributed by atoms with E-state index in [4.69, 9.17) is 23.7 Å². The number of esters is 1. The highest BCUT2D eigenvalue weighted by Crippen LogP contribution is 2.28. The van der Waals surface area contributed by atoms with Gasteiger partial charge in [-0.25, -0.2) is 24.0 Å². The van der Waals surface area contributed by atoms with Gasteiger partial charge in [-0.15, -0.1) is 0 Å². The quantitative estimate of drug-likeness (QED) is 0.0138. The van der Waals surface area contributed by atoms with Crippen molar-refractivity contribution in [2.75, 3.05) is 38.5 Å². The number of ether oxygens (including phenoxy) is 5. The Morgan fingerprint density at radius 2 is 0.496 bits per heavy atom. The Kier molecular flexibility index (Phi) is 32.9. The van der Waals surface area contributed by atoms with Crippen molar-refractivity contribution in [3.8, 4) is 0 Å². The van der Waals surface area contributed by atoms with Crippen LogP contribution in [0.1, 0.15) is 171 Å². The van der Waals surface area contributed by atoms with E-state index in [1.165, 1.54) is 54.6 Å². The molecule has 0 bridgehead atoms. The average Bonchev–Trinajstić information content (AvgIpc) is 0.822. The highest BCUT2D eigenvalue weighted by Gasteiger charge is 2.34. The first kappa shape index (κ1) is 93.0. The molecule has 0 aliphatic heterocycles. The molecule has 7 aromatic carbocycles. The molecule has 7 rings (SSSR count). The normalized spacial score (nSPS) is 13.0. The molecule has 0 saturated carbocycles. The van der Waals surface area contributed by atoms with E-state index in [-0.39, 0.29) is 83.1 Å². The molecule has 0 aromatic heterocycles. The Labute approximate surface area is 693 Å². The number of anilines is 6. The van der Waals surface area contributed by atoms with E-state index >= 15 is 0 Å². The molecule has 30 nitrogen and oxygen atoms in total. The van der Waals surface area contributed by atoms with E-state index in [0.717, 1.165) is 0 Å². The lowest BCUT2D eigenvalue weighted by atomic mass is 10.0. The molecule has 0 fully saturated rings. The zero-order chi connectivity index (χ0) is 87.7. The van der Waals surface area contributed by atoms with Crippen molar-refractivity contribution in [2.24, 2.45) is 11.8 Å². The second kappa shape index (κ2) is 42.1. The molecule has 6 atom stereocenters. The Balaban J connectivity index is 1.20. The fourth-order valence-corrected chi connectivity index (χ4v) is 11.8. The van der Waals surface area contributed by atoms with Crippen molar-refractivity contribution in [1.29, 1.82) is 0 Å². The number of alkyl carbamates (subject to hydrolysis) is 4. The number of hydrogen-bond donors (Lipinski definition) is 12. The highest BCUT2D eigenvalue weighted by molar-refractivity contribution is 6.08. The summed E-state index contributed by atoms with van der Waals surface area (Å²) in [6, 6.07) is 39.0. The van der Waals surface area contributed by atoms with Crippen molar-refractivity contribution in [1.82, 2.24) is 31.9 Å². The van der Waals surface area contributed by atoms with E-state index in [0.29, 0.717) is 22.3 Å². The number of carbonyl (C=O) groups is 13. The summed E-state index contributed by atoms with van der Waals surface area (Å²) in [4.78, 5) is 185. The van der Waals surface area contributed by atoms with Gasteiger partial charge in [0.2, 0.25) is 35.4 Å². The van der Waals surface area contributed by atoms with Crippen LogP contribution in [0.15, 0.2) is 176 Å². The Bertz CT molecular complexity index is 4250. The number of hydrogen-bond acceptors (Lipinski definition) is 18. The SMILES string of the molecule is CCOC(=O)c1cc(NC(=O)[C@@H](NC(=O)c2cc(NC(=O)[C@H](Cc3ccccc3)NC(=O)OC(C)(C)C)cc(NC(=O)[C@H](Cc3ccccc3)NC(=O)OC(C)(C)C)c2)C(C)C)cc(NC(=O)[C@@H](NC(=O)c2cc(NC(=O)[C@H](Cc3ccccc3)NC(=O)OC(C)(C)C)cc(NC(=O)[C@H](Cc3ccccc3)NC(=O)OC(C)(C)C)c2)C(C)C)c1. The largest absolute Gasteiger partial charge is 0.462 e. The lowest BCUT2D eigenvalue weighted by Gasteiger charge is -2.25. The van der Waals surface area contributed by atoms with Crippen molar-refractivity contribution in [3.05, 3.63) is 215 Å². The van der Waals surface area contributed by atoms with Gasteiger partial charge in [0.05, 0.1) is 12.2 Å². The number of rotatable bonds is 32. The van der Waals surface area contributed by atoms with Crippen molar-refractivity contribution < 1.29 is 86.0 Å². The van der Waals surface area contributed by atoms with Crippen molar-refractivity contribution >= 4 is 112 Å². The maximum absolute atomic E-state index is 14.9. The van der Waals surface area contributed by atoms with Gasteiger partial charge in [0, 0.05) is 70.9 Å². The molecule has 0 radical (unpaired) electrons. The molecule has 0 spiro atoms. The van der Waals surface area contributed by atoms with Crippen LogP contribution in [0.5, 0.6) is 0 Å². The summed E-state index contributed by atoms with van der Waals surface area (Å²) in [5, 5.41) is 32.6. The first-order valence-corrected chi connectivity index (χ1v) is 39.1. The Hall–Kier alpha value is -13.2. The zero-order valence-electron chi connectivity index (χ0n) is 70.2. The zero-order valence-corrected chi connectivity index (χ0v) is 70.2. The smallest absolute Gasteiger partial charge is 0.408 e. The lowest BCUT2D eigenvalue weighted by Crippen LogP contribution is -2.48. The van der Waals surface area contributed by atoms with Crippen LogP contribution in [0.4, 0.5) is 53.3 Å². The van der Waals surface area contributed by atoms with Crippen LogP contribution in [0.2, 0.25) is 0 Å². The predicted octanol–water partition coefficient (Wildman–Crippen LogP) is 12.9. The molecule has 0 heterocycles. The molecule has 0 aliphatic rings. The molecule has 30 heteroatoms. The molecule has 0 unspecified atom stereocenters. The van der Waals surface area contributed by atoms with E-state index in [2.05, 4.69) is 63.8 Å². The predicted molar refractivity (Wildman–Crippen MR) is 452 cm³/mol. The summed E-state index contributed by atoms with van der Waals surface area (Å²) >= 11 is 0. The van der Waals surface area contributed by atoms with Crippen LogP contribution in [0, 0.1) is 11.8 Å². The van der Waals surface area contributed by atoms with Gasteiger partial charge in [-0.2, -0.15) is 0 Å². The summed E-state index contributed by atoms with van der Waals surface area (Å²) in [5.41, 5.74) is -2.15. The third-order valence-electron chi connectivity index (χ3n) is 17.1. The molecule has 12 N–H and O–H groups in total. The van der Waals surface area contributed by atoms with Gasteiger partial charge < -0.3 is 87.5 Å². The summed E-state index contributed by atoms with van der Waals surface area (Å²) in [6.07, 6.45) is -3.68. The van der Waals surface area contributed by atoms with E-state index in [1.54, 1.807) is 239 Å². The molecular formula is C89H110N12O18. The maximum atomic E-state index is 14.9. The maximum Gasteiger partial charge on any atom is 0.408 e. The van der Waals surface area contributed by atoms with Gasteiger partial charge in [-0.3, -0.25) is 38.4 Å². The second-order valence-electron chi connectivity index (χ2n) is 33.0. The van der Waals surface area contributed by atoms with Crippen molar-refractivity contribution in [2.45, 2.75) is 202 Å². The summed E-state index contributed by atoms with van der Waals surface area (Å²) in [7, 11) is 0.